The van der Waals surface area contributed by atoms with E-state index in [0.29, 0.717) is 17.2 Å². The van der Waals surface area contributed by atoms with E-state index >= 15 is 0 Å². The second kappa shape index (κ2) is 9.11. The molecule has 2 atom stereocenters. The summed E-state index contributed by atoms with van der Waals surface area (Å²) < 4.78 is 50.9. The first kappa shape index (κ1) is 25.2. The molecule has 0 spiro atoms. The van der Waals surface area contributed by atoms with Gasteiger partial charge in [0.05, 0.1) is 36.0 Å². The summed E-state index contributed by atoms with van der Waals surface area (Å²) in [5, 5.41) is 21.7. The van der Waals surface area contributed by atoms with E-state index in [0.717, 1.165) is 10.7 Å². The zero-order valence-electron chi connectivity index (χ0n) is 19.6. The number of nitrogens with zero attached hydrogens (tertiary/aromatic N) is 5. The number of morpholine rings is 1. The standard InChI is InChI=1S/C23H20F3N7O5/c1-22(18(34)20(35)29-13-2-3-15-16(9-13)38-31-19(15)27)21(36)32(6-7-37-22)17-4-5-33(30-17)14-8-12(10-28-11-14)23(24,25)26/h2-5,8-11,18,34H,6-7H2,1H3,(H2,27,31)(H,29,35)/t18?,22-/m1/s1. The lowest BCUT2D eigenvalue weighted by Crippen LogP contribution is -2.63. The van der Waals surface area contributed by atoms with Gasteiger partial charge in [-0.05, 0) is 25.1 Å². The zero-order chi connectivity index (χ0) is 27.2. The number of alkyl halides is 3. The predicted molar refractivity (Wildman–Crippen MR) is 126 cm³/mol. The summed E-state index contributed by atoms with van der Waals surface area (Å²) in [5.41, 5.74) is 3.34. The van der Waals surface area contributed by atoms with E-state index in [1.807, 2.05) is 0 Å². The highest BCUT2D eigenvalue weighted by molar-refractivity contribution is 6.06. The molecule has 1 aliphatic rings. The van der Waals surface area contributed by atoms with Crippen LogP contribution in [0.5, 0.6) is 0 Å². The summed E-state index contributed by atoms with van der Waals surface area (Å²) in [7, 11) is 0. The number of halogens is 3. The monoisotopic (exact) mass is 531 g/mol. The summed E-state index contributed by atoms with van der Waals surface area (Å²) >= 11 is 0. The number of benzene rings is 1. The second-order valence-corrected chi connectivity index (χ2v) is 8.63. The summed E-state index contributed by atoms with van der Waals surface area (Å²) in [6.45, 7) is 1.25. The fourth-order valence-electron chi connectivity index (χ4n) is 4.00. The van der Waals surface area contributed by atoms with E-state index in [4.69, 9.17) is 15.0 Å². The molecule has 198 valence electrons. The van der Waals surface area contributed by atoms with E-state index in [1.165, 1.54) is 42.4 Å². The van der Waals surface area contributed by atoms with Crippen molar-refractivity contribution >= 4 is 40.1 Å². The molecule has 1 aliphatic heterocycles. The quantitative estimate of drug-likeness (QED) is 0.350. The largest absolute Gasteiger partial charge is 0.417 e. The molecule has 0 radical (unpaired) electrons. The van der Waals surface area contributed by atoms with Crippen LogP contribution in [0.1, 0.15) is 12.5 Å². The molecule has 0 saturated carbocycles. The van der Waals surface area contributed by atoms with Gasteiger partial charge in [-0.25, -0.2) is 4.68 Å². The van der Waals surface area contributed by atoms with Crippen LogP contribution < -0.4 is 16.0 Å². The van der Waals surface area contributed by atoms with Crippen LogP contribution in [0.4, 0.5) is 30.5 Å². The number of anilines is 3. The highest BCUT2D eigenvalue weighted by atomic mass is 19.4. The minimum atomic E-state index is -4.59. The van der Waals surface area contributed by atoms with Gasteiger partial charge in [-0.3, -0.25) is 19.5 Å². The van der Waals surface area contributed by atoms with Crippen molar-refractivity contribution in [1.29, 1.82) is 0 Å². The summed E-state index contributed by atoms with van der Waals surface area (Å²) in [6.07, 6.45) is -3.28. The number of amides is 2. The number of ether oxygens (including phenoxy) is 1. The van der Waals surface area contributed by atoms with Crippen molar-refractivity contribution in [3.63, 3.8) is 0 Å². The fraction of sp³-hybridized carbons (Fsp3) is 0.261. The number of nitrogens with one attached hydrogen (secondary N) is 1. The Morgan fingerprint density at radius 2 is 2.05 bits per heavy atom. The SMILES string of the molecule is C[C@]1(C(O)C(=O)Nc2ccc3c(N)noc3c2)OCCN(c2ccn(-c3cncc(C(F)(F)F)c3)n2)C1=O. The third-order valence-corrected chi connectivity index (χ3v) is 6.09. The molecule has 12 nitrogen and oxygen atoms in total. The first-order chi connectivity index (χ1) is 18.0. The average Bonchev–Trinajstić information content (AvgIpc) is 3.52. The number of rotatable bonds is 5. The Balaban J connectivity index is 1.34. The van der Waals surface area contributed by atoms with Crippen molar-refractivity contribution in [2.75, 3.05) is 29.1 Å². The Labute approximate surface area is 211 Å². The summed E-state index contributed by atoms with van der Waals surface area (Å²) in [4.78, 5) is 31.0. The van der Waals surface area contributed by atoms with Gasteiger partial charge in [-0.2, -0.15) is 13.2 Å². The van der Waals surface area contributed by atoms with Gasteiger partial charge in [-0.1, -0.05) is 5.16 Å². The van der Waals surface area contributed by atoms with Gasteiger partial charge in [0, 0.05) is 30.2 Å². The number of hydrogen-bond acceptors (Lipinski definition) is 9. The number of pyridine rings is 1. The van der Waals surface area contributed by atoms with Gasteiger partial charge in [0.15, 0.2) is 28.9 Å². The molecule has 2 amide bonds. The molecule has 38 heavy (non-hydrogen) atoms. The predicted octanol–water partition coefficient (Wildman–Crippen LogP) is 2.13. The number of hydrogen-bond donors (Lipinski definition) is 3. The van der Waals surface area contributed by atoms with Gasteiger partial charge >= 0.3 is 6.18 Å². The molecule has 1 saturated heterocycles. The maximum absolute atomic E-state index is 13.4. The molecule has 4 aromatic rings. The van der Waals surface area contributed by atoms with Crippen LogP contribution in [0, 0.1) is 0 Å². The number of aromatic nitrogens is 4. The normalized spacial score (nSPS) is 19.1. The number of aliphatic hydroxyl groups is 1. The summed E-state index contributed by atoms with van der Waals surface area (Å²) in [5.74, 6) is -1.42. The lowest BCUT2D eigenvalue weighted by Gasteiger charge is -2.40. The molecule has 1 unspecified atom stereocenters. The van der Waals surface area contributed by atoms with Crippen LogP contribution >= 0.6 is 0 Å². The van der Waals surface area contributed by atoms with E-state index in [1.54, 1.807) is 6.07 Å². The average molecular weight is 531 g/mol. The lowest BCUT2D eigenvalue weighted by molar-refractivity contribution is -0.170. The first-order valence-electron chi connectivity index (χ1n) is 11.2. The number of carbonyl (C=O) groups excluding carboxylic acids is 2. The molecule has 3 aromatic heterocycles. The van der Waals surface area contributed by atoms with Crippen LogP contribution in [0.3, 0.4) is 0 Å². The number of aliphatic hydroxyl groups excluding tert-OH is 1. The molecule has 5 rings (SSSR count). The number of carbonyl (C=O) groups is 2. The Morgan fingerprint density at radius 1 is 1.26 bits per heavy atom. The Kier molecular flexibility index (Phi) is 6.03. The molecule has 4 heterocycles. The van der Waals surface area contributed by atoms with Gasteiger partial charge < -0.3 is 25.4 Å². The van der Waals surface area contributed by atoms with Crippen molar-refractivity contribution in [1.82, 2.24) is 19.9 Å². The molecule has 0 aliphatic carbocycles. The number of fused-ring (bicyclic) bond motifs is 1. The van der Waals surface area contributed by atoms with Crippen LogP contribution in [-0.2, 0) is 20.5 Å². The first-order valence-corrected chi connectivity index (χ1v) is 11.2. The van der Waals surface area contributed by atoms with Crippen molar-refractivity contribution < 1.29 is 37.1 Å². The van der Waals surface area contributed by atoms with Crippen molar-refractivity contribution in [3.8, 4) is 5.69 Å². The van der Waals surface area contributed by atoms with Crippen LogP contribution in [0.25, 0.3) is 16.7 Å². The lowest BCUT2D eigenvalue weighted by atomic mass is 9.94. The van der Waals surface area contributed by atoms with Crippen LogP contribution in [-0.4, -0.2) is 61.7 Å². The minimum absolute atomic E-state index is 0.0273. The Morgan fingerprint density at radius 3 is 2.82 bits per heavy atom. The maximum atomic E-state index is 13.4. The highest BCUT2D eigenvalue weighted by Crippen LogP contribution is 2.31. The van der Waals surface area contributed by atoms with Crippen molar-refractivity contribution in [2.45, 2.75) is 24.8 Å². The van der Waals surface area contributed by atoms with Gasteiger partial charge in [0.2, 0.25) is 0 Å². The van der Waals surface area contributed by atoms with Crippen molar-refractivity contribution in [2.24, 2.45) is 0 Å². The van der Waals surface area contributed by atoms with Crippen LogP contribution in [0.2, 0.25) is 0 Å². The van der Waals surface area contributed by atoms with E-state index in [9.17, 15) is 27.9 Å². The fourth-order valence-corrected chi connectivity index (χ4v) is 4.00. The van der Waals surface area contributed by atoms with Gasteiger partial charge in [-0.15, -0.1) is 5.10 Å². The Bertz CT molecular complexity index is 1540. The zero-order valence-corrected chi connectivity index (χ0v) is 19.6. The molecule has 1 aromatic carbocycles. The molecule has 4 N–H and O–H groups in total. The van der Waals surface area contributed by atoms with E-state index < -0.39 is 35.3 Å². The third-order valence-electron chi connectivity index (χ3n) is 6.09. The van der Waals surface area contributed by atoms with Gasteiger partial charge in [0.25, 0.3) is 11.8 Å². The van der Waals surface area contributed by atoms with Crippen LogP contribution in [0.15, 0.2) is 53.4 Å². The summed E-state index contributed by atoms with van der Waals surface area (Å²) in [6, 6.07) is 6.83. The second-order valence-electron chi connectivity index (χ2n) is 8.63. The molecular formula is C23H20F3N7O5. The molecular weight excluding hydrogens is 511 g/mol. The minimum Gasteiger partial charge on any atom is -0.380 e. The Hall–Kier alpha value is -4.50. The number of nitrogen functional groups attached to an aromatic ring is 1. The third kappa shape index (κ3) is 4.41. The van der Waals surface area contributed by atoms with E-state index in [2.05, 4.69) is 20.6 Å². The molecule has 0 bridgehead atoms. The maximum Gasteiger partial charge on any atom is 0.417 e. The van der Waals surface area contributed by atoms with Crippen molar-refractivity contribution in [3.05, 3.63) is 54.5 Å². The highest BCUT2D eigenvalue weighted by Gasteiger charge is 2.51. The van der Waals surface area contributed by atoms with Gasteiger partial charge in [0.1, 0.15) is 0 Å². The van der Waals surface area contributed by atoms with E-state index in [-0.39, 0.29) is 36.2 Å². The molecule has 1 fully saturated rings. The molecule has 15 heteroatoms. The smallest absolute Gasteiger partial charge is 0.380 e. The topological polar surface area (TPSA) is 162 Å². The number of nitrogens with two attached hydrogens (primary N) is 1.